The van der Waals surface area contributed by atoms with E-state index in [4.69, 9.17) is 10.5 Å². The van der Waals surface area contributed by atoms with Crippen molar-refractivity contribution in [2.75, 3.05) is 30.9 Å². The highest BCUT2D eigenvalue weighted by atomic mass is 16.5. The number of para-hydroxylation sites is 1. The molecule has 0 atom stereocenters. The Balaban J connectivity index is 2.39. The maximum absolute atomic E-state index is 11.7. The van der Waals surface area contributed by atoms with E-state index in [2.05, 4.69) is 4.74 Å². The first-order valence-corrected chi connectivity index (χ1v) is 5.02. The minimum atomic E-state index is -0.505. The molecule has 6 nitrogen and oxygen atoms in total. The van der Waals surface area contributed by atoms with Crippen molar-refractivity contribution in [3.05, 3.63) is 18.2 Å². The molecule has 2 rings (SSSR count). The number of benzene rings is 1. The minimum Gasteiger partial charge on any atom is -0.481 e. The molecule has 0 fully saturated rings. The number of rotatable bonds is 2. The van der Waals surface area contributed by atoms with Crippen LogP contribution in [0.4, 0.5) is 11.4 Å². The fourth-order valence-electron chi connectivity index (χ4n) is 1.65. The number of ether oxygens (including phenoxy) is 2. The van der Waals surface area contributed by atoms with Crippen molar-refractivity contribution in [1.29, 1.82) is 0 Å². The molecule has 1 aromatic carbocycles. The van der Waals surface area contributed by atoms with Gasteiger partial charge in [0.05, 0.1) is 12.8 Å². The second kappa shape index (κ2) is 4.32. The number of methoxy groups -OCH3 is 1. The molecule has 17 heavy (non-hydrogen) atoms. The molecule has 0 radical (unpaired) electrons. The molecule has 0 saturated heterocycles. The van der Waals surface area contributed by atoms with Gasteiger partial charge in [0.15, 0.2) is 6.61 Å². The zero-order valence-electron chi connectivity index (χ0n) is 9.30. The summed E-state index contributed by atoms with van der Waals surface area (Å²) in [5.74, 6) is -0.330. The van der Waals surface area contributed by atoms with Gasteiger partial charge in [-0.05, 0) is 12.1 Å². The molecule has 1 aromatic rings. The summed E-state index contributed by atoms with van der Waals surface area (Å²) in [6.45, 7) is -0.270. The van der Waals surface area contributed by atoms with Crippen LogP contribution in [0.5, 0.6) is 5.75 Å². The zero-order valence-corrected chi connectivity index (χ0v) is 9.30. The molecule has 1 aliphatic rings. The predicted octanol–water partition coefficient (Wildman–Crippen LogP) is 0.167. The smallest absolute Gasteiger partial charge is 0.325 e. The van der Waals surface area contributed by atoms with Gasteiger partial charge in [0, 0.05) is 0 Å². The van der Waals surface area contributed by atoms with E-state index in [-0.39, 0.29) is 19.1 Å². The van der Waals surface area contributed by atoms with E-state index in [1.165, 1.54) is 12.0 Å². The number of esters is 1. The van der Waals surface area contributed by atoms with Crippen molar-refractivity contribution in [3.63, 3.8) is 0 Å². The third-order valence-corrected chi connectivity index (χ3v) is 2.47. The Bertz CT molecular complexity index is 473. The van der Waals surface area contributed by atoms with Gasteiger partial charge < -0.3 is 15.2 Å². The highest BCUT2D eigenvalue weighted by molar-refractivity contribution is 6.04. The SMILES string of the molecule is COC(=O)CN1C(=O)COc2cccc(N)c21. The number of carbonyl (C=O) groups excluding carboxylic acids is 2. The van der Waals surface area contributed by atoms with Crippen LogP contribution in [-0.2, 0) is 14.3 Å². The van der Waals surface area contributed by atoms with Crippen LogP contribution in [0.3, 0.4) is 0 Å². The summed E-state index contributed by atoms with van der Waals surface area (Å²) in [6, 6.07) is 5.06. The van der Waals surface area contributed by atoms with Crippen LogP contribution in [0.2, 0.25) is 0 Å². The van der Waals surface area contributed by atoms with Crippen molar-refractivity contribution in [2.24, 2.45) is 0 Å². The molecule has 2 N–H and O–H groups in total. The Kier molecular flexibility index (Phi) is 2.86. The Morgan fingerprint density at radius 2 is 2.35 bits per heavy atom. The van der Waals surface area contributed by atoms with Crippen molar-refractivity contribution in [3.8, 4) is 5.75 Å². The van der Waals surface area contributed by atoms with Crippen LogP contribution in [0, 0.1) is 0 Å². The van der Waals surface area contributed by atoms with Crippen molar-refractivity contribution in [2.45, 2.75) is 0 Å². The summed E-state index contributed by atoms with van der Waals surface area (Å²) in [5, 5.41) is 0. The average Bonchev–Trinajstić information content (AvgIpc) is 2.33. The molecule has 90 valence electrons. The number of nitrogens with two attached hydrogens (primary N) is 1. The van der Waals surface area contributed by atoms with Crippen molar-refractivity contribution >= 4 is 23.3 Å². The third kappa shape index (κ3) is 2.01. The lowest BCUT2D eigenvalue weighted by Gasteiger charge is -2.29. The maximum Gasteiger partial charge on any atom is 0.325 e. The second-order valence-corrected chi connectivity index (χ2v) is 3.54. The molecule has 6 heteroatoms. The van der Waals surface area contributed by atoms with Gasteiger partial charge in [-0.3, -0.25) is 14.5 Å². The first-order chi connectivity index (χ1) is 8.13. The quantitative estimate of drug-likeness (QED) is 0.584. The standard InChI is InChI=1S/C11H12N2O4/c1-16-10(15)5-13-9(14)6-17-8-4-2-3-7(12)11(8)13/h2-4H,5-6,12H2,1H3. The summed E-state index contributed by atoms with van der Waals surface area (Å²) in [6.07, 6.45) is 0. The van der Waals surface area contributed by atoms with Crippen LogP contribution in [0.25, 0.3) is 0 Å². The number of nitrogen functional groups attached to an aromatic ring is 1. The van der Waals surface area contributed by atoms with Crippen LogP contribution >= 0.6 is 0 Å². The molecule has 1 heterocycles. The fourth-order valence-corrected chi connectivity index (χ4v) is 1.65. The van der Waals surface area contributed by atoms with Gasteiger partial charge in [0.25, 0.3) is 5.91 Å². The van der Waals surface area contributed by atoms with E-state index < -0.39 is 5.97 Å². The van der Waals surface area contributed by atoms with E-state index in [9.17, 15) is 9.59 Å². The van der Waals surface area contributed by atoms with Gasteiger partial charge in [-0.25, -0.2) is 0 Å². The molecular weight excluding hydrogens is 224 g/mol. The zero-order chi connectivity index (χ0) is 12.4. The number of nitrogens with zero attached hydrogens (tertiary/aromatic N) is 1. The molecule has 0 aromatic heterocycles. The monoisotopic (exact) mass is 236 g/mol. The normalized spacial score (nSPS) is 13.9. The second-order valence-electron chi connectivity index (χ2n) is 3.54. The van der Waals surface area contributed by atoms with Crippen molar-refractivity contribution < 1.29 is 19.1 Å². The Morgan fingerprint density at radius 3 is 3.06 bits per heavy atom. The number of fused-ring (bicyclic) bond motifs is 1. The van der Waals surface area contributed by atoms with E-state index in [1.54, 1.807) is 18.2 Å². The Hall–Kier alpha value is -2.24. The first-order valence-electron chi connectivity index (χ1n) is 5.02. The fraction of sp³-hybridized carbons (Fsp3) is 0.273. The highest BCUT2D eigenvalue weighted by Gasteiger charge is 2.29. The summed E-state index contributed by atoms with van der Waals surface area (Å²) in [7, 11) is 1.27. The van der Waals surface area contributed by atoms with Gasteiger partial charge in [-0.15, -0.1) is 0 Å². The first kappa shape index (κ1) is 11.3. The minimum absolute atomic E-state index is 0.104. The Labute approximate surface area is 97.9 Å². The number of anilines is 2. The molecule has 0 spiro atoms. The van der Waals surface area contributed by atoms with Crippen LogP contribution in [-0.4, -0.2) is 32.1 Å². The van der Waals surface area contributed by atoms with Crippen LogP contribution in [0.1, 0.15) is 0 Å². The summed E-state index contributed by atoms with van der Waals surface area (Å²) in [5.41, 5.74) is 6.60. The third-order valence-electron chi connectivity index (χ3n) is 2.47. The molecule has 0 saturated carbocycles. The highest BCUT2D eigenvalue weighted by Crippen LogP contribution is 2.36. The number of hydrogen-bond acceptors (Lipinski definition) is 5. The van der Waals surface area contributed by atoms with Crippen LogP contribution < -0.4 is 15.4 Å². The number of amides is 1. The number of carbonyl (C=O) groups is 2. The molecule has 1 amide bonds. The molecular formula is C11H12N2O4. The van der Waals surface area contributed by atoms with E-state index in [1.807, 2.05) is 0 Å². The van der Waals surface area contributed by atoms with Gasteiger partial charge in [-0.2, -0.15) is 0 Å². The largest absolute Gasteiger partial charge is 0.481 e. The van der Waals surface area contributed by atoms with Gasteiger partial charge in [0.1, 0.15) is 18.0 Å². The maximum atomic E-state index is 11.7. The lowest BCUT2D eigenvalue weighted by Crippen LogP contribution is -2.42. The Morgan fingerprint density at radius 1 is 1.59 bits per heavy atom. The lowest BCUT2D eigenvalue weighted by molar-refractivity contribution is -0.140. The molecule has 1 aliphatic heterocycles. The molecule has 0 unspecified atom stereocenters. The summed E-state index contributed by atoms with van der Waals surface area (Å²) in [4.78, 5) is 24.2. The van der Waals surface area contributed by atoms with Gasteiger partial charge >= 0.3 is 5.97 Å². The summed E-state index contributed by atoms with van der Waals surface area (Å²) >= 11 is 0. The van der Waals surface area contributed by atoms with Gasteiger partial charge in [0.2, 0.25) is 0 Å². The van der Waals surface area contributed by atoms with Gasteiger partial charge in [-0.1, -0.05) is 6.07 Å². The van der Waals surface area contributed by atoms with Crippen LogP contribution in [0.15, 0.2) is 18.2 Å². The number of hydrogen-bond donors (Lipinski definition) is 1. The summed E-state index contributed by atoms with van der Waals surface area (Å²) < 4.78 is 9.78. The van der Waals surface area contributed by atoms with Crippen molar-refractivity contribution in [1.82, 2.24) is 0 Å². The topological polar surface area (TPSA) is 81.9 Å². The van der Waals surface area contributed by atoms with E-state index in [0.29, 0.717) is 17.1 Å². The molecule has 0 aliphatic carbocycles. The van der Waals surface area contributed by atoms with E-state index in [0.717, 1.165) is 0 Å². The lowest BCUT2D eigenvalue weighted by atomic mass is 10.2. The average molecular weight is 236 g/mol. The predicted molar refractivity (Wildman–Crippen MR) is 60.7 cm³/mol. The van der Waals surface area contributed by atoms with E-state index >= 15 is 0 Å². The molecule has 0 bridgehead atoms.